The average Bonchev–Trinajstić information content (AvgIpc) is 2.91. The molecule has 1 aliphatic carbocycles. The summed E-state index contributed by atoms with van der Waals surface area (Å²) in [5.41, 5.74) is 3.10. The highest BCUT2D eigenvalue weighted by Gasteiger charge is 2.38. The van der Waals surface area contributed by atoms with Crippen LogP contribution in [0, 0.1) is 0 Å². The Morgan fingerprint density at radius 2 is 1.93 bits per heavy atom. The molecule has 4 N–H and O–H groups in total. The van der Waals surface area contributed by atoms with Crippen molar-refractivity contribution in [2.75, 3.05) is 5.73 Å². The molecular weight excluding hydrogens is 365 g/mol. The molecule has 0 spiro atoms. The predicted octanol–water partition coefficient (Wildman–Crippen LogP) is 3.64. The van der Waals surface area contributed by atoms with Gasteiger partial charge in [-0.2, -0.15) is 13.2 Å². The first-order valence-electron chi connectivity index (χ1n) is 8.66. The number of ether oxygens (including phenoxy) is 1. The number of nitrogens with zero attached hydrogens (tertiary/aromatic N) is 1. The summed E-state index contributed by atoms with van der Waals surface area (Å²) in [6.45, 7) is 4.79. The van der Waals surface area contributed by atoms with E-state index in [9.17, 15) is 28.2 Å². The van der Waals surface area contributed by atoms with Gasteiger partial charge in [-0.15, -0.1) is 0 Å². The molecule has 1 fully saturated rings. The zero-order chi connectivity index (χ0) is 20.6. The summed E-state index contributed by atoms with van der Waals surface area (Å²) >= 11 is 0. The van der Waals surface area contributed by atoms with Gasteiger partial charge in [0.1, 0.15) is 5.60 Å². The second-order valence-electron chi connectivity index (χ2n) is 7.75. The number of phenolic OH excluding ortho intramolecular Hbond substituents is 1. The molecule has 0 heterocycles. The Balaban J connectivity index is 2.38. The standard InChI is InChI=1S/C18H25F3N2O4/c1-17(2,3)27-16(26)23(13-5-4-6-14(13)24)9-10-7-11(18(19,20)21)15(25)12(22)8-10/h7-8,13-14,24-25H,4-6,9,22H2,1-3H3/t13-,14+/m1/s1. The highest BCUT2D eigenvalue weighted by Crippen LogP contribution is 2.40. The number of hydrogen-bond donors (Lipinski definition) is 3. The Hall–Kier alpha value is -2.16. The van der Waals surface area contributed by atoms with E-state index in [1.54, 1.807) is 20.8 Å². The van der Waals surface area contributed by atoms with E-state index in [1.165, 1.54) is 11.0 Å². The number of carbonyl (C=O) groups is 1. The van der Waals surface area contributed by atoms with Crippen molar-refractivity contribution >= 4 is 11.8 Å². The highest BCUT2D eigenvalue weighted by atomic mass is 19.4. The van der Waals surface area contributed by atoms with Gasteiger partial charge in [-0.1, -0.05) is 0 Å². The molecule has 0 bridgehead atoms. The average molecular weight is 390 g/mol. The van der Waals surface area contributed by atoms with E-state index in [-0.39, 0.29) is 12.1 Å². The number of amides is 1. The largest absolute Gasteiger partial charge is 0.505 e. The van der Waals surface area contributed by atoms with E-state index in [2.05, 4.69) is 0 Å². The lowest BCUT2D eigenvalue weighted by atomic mass is 10.1. The summed E-state index contributed by atoms with van der Waals surface area (Å²) in [6, 6.07) is 1.37. The molecule has 0 saturated heterocycles. The van der Waals surface area contributed by atoms with Crippen LogP contribution in [0.2, 0.25) is 0 Å². The molecule has 1 aliphatic rings. The zero-order valence-corrected chi connectivity index (χ0v) is 15.5. The van der Waals surface area contributed by atoms with Crippen LogP contribution in [0.25, 0.3) is 0 Å². The second-order valence-corrected chi connectivity index (χ2v) is 7.75. The monoisotopic (exact) mass is 390 g/mol. The lowest BCUT2D eigenvalue weighted by Gasteiger charge is -2.33. The van der Waals surface area contributed by atoms with Crippen molar-refractivity contribution in [3.05, 3.63) is 23.3 Å². The van der Waals surface area contributed by atoms with Crippen molar-refractivity contribution in [3.8, 4) is 5.75 Å². The van der Waals surface area contributed by atoms with Gasteiger partial charge in [-0.05, 0) is 57.7 Å². The molecule has 1 aromatic rings. The lowest BCUT2D eigenvalue weighted by Crippen LogP contribution is -2.46. The van der Waals surface area contributed by atoms with E-state index < -0.39 is 47.0 Å². The summed E-state index contributed by atoms with van der Waals surface area (Å²) < 4.78 is 44.7. The number of rotatable bonds is 3. The molecule has 27 heavy (non-hydrogen) atoms. The van der Waals surface area contributed by atoms with Crippen LogP contribution in [0.15, 0.2) is 12.1 Å². The van der Waals surface area contributed by atoms with E-state index in [1.807, 2.05) is 0 Å². The molecule has 6 nitrogen and oxygen atoms in total. The first kappa shape index (κ1) is 21.1. The van der Waals surface area contributed by atoms with E-state index in [0.29, 0.717) is 19.3 Å². The number of benzene rings is 1. The topological polar surface area (TPSA) is 96.0 Å². The van der Waals surface area contributed by atoms with Crippen molar-refractivity contribution < 1.29 is 32.9 Å². The van der Waals surface area contributed by atoms with Gasteiger partial charge < -0.3 is 20.7 Å². The van der Waals surface area contributed by atoms with Crippen LogP contribution >= 0.6 is 0 Å². The minimum absolute atomic E-state index is 0.0857. The molecule has 152 valence electrons. The van der Waals surface area contributed by atoms with Crippen LogP contribution in [0.4, 0.5) is 23.7 Å². The molecule has 0 radical (unpaired) electrons. The first-order chi connectivity index (χ1) is 12.3. The molecule has 0 unspecified atom stereocenters. The Morgan fingerprint density at radius 3 is 2.41 bits per heavy atom. The third-order valence-electron chi connectivity index (χ3n) is 4.33. The summed E-state index contributed by atoms with van der Waals surface area (Å²) in [4.78, 5) is 13.9. The second kappa shape index (κ2) is 7.46. The number of nitrogens with two attached hydrogens (primary N) is 1. The predicted molar refractivity (Wildman–Crippen MR) is 92.9 cm³/mol. The van der Waals surface area contributed by atoms with Crippen LogP contribution in [0.3, 0.4) is 0 Å². The van der Waals surface area contributed by atoms with Crippen molar-refractivity contribution in [3.63, 3.8) is 0 Å². The molecule has 9 heteroatoms. The highest BCUT2D eigenvalue weighted by molar-refractivity contribution is 5.69. The van der Waals surface area contributed by atoms with Crippen molar-refractivity contribution in [1.82, 2.24) is 4.90 Å². The quantitative estimate of drug-likeness (QED) is 0.541. The molecular formula is C18H25F3N2O4. The molecule has 1 aromatic carbocycles. The number of hydrogen-bond acceptors (Lipinski definition) is 5. The van der Waals surface area contributed by atoms with Crippen LogP contribution in [-0.2, 0) is 17.5 Å². The molecule has 0 aromatic heterocycles. The summed E-state index contributed by atoms with van der Waals surface area (Å²) in [6.07, 6.45) is -4.60. The van der Waals surface area contributed by atoms with Crippen molar-refractivity contribution in [2.24, 2.45) is 0 Å². The summed E-state index contributed by atoms with van der Waals surface area (Å²) in [7, 11) is 0. The Morgan fingerprint density at radius 1 is 1.30 bits per heavy atom. The van der Waals surface area contributed by atoms with E-state index in [0.717, 1.165) is 6.07 Å². The molecule has 1 saturated carbocycles. The van der Waals surface area contributed by atoms with E-state index in [4.69, 9.17) is 10.5 Å². The number of phenols is 1. The first-order valence-corrected chi connectivity index (χ1v) is 8.66. The van der Waals surface area contributed by atoms with Crippen LogP contribution in [-0.4, -0.2) is 39.0 Å². The fourth-order valence-electron chi connectivity index (χ4n) is 3.15. The minimum atomic E-state index is -4.79. The molecule has 2 atom stereocenters. The SMILES string of the molecule is CC(C)(C)OC(=O)N(Cc1cc(N)c(O)c(C(F)(F)F)c1)[C@@H]1CCC[C@@H]1O. The van der Waals surface area contributed by atoms with E-state index >= 15 is 0 Å². The molecule has 1 amide bonds. The van der Waals surface area contributed by atoms with Gasteiger partial charge in [-0.25, -0.2) is 4.79 Å². The van der Waals surface area contributed by atoms with Gasteiger partial charge in [0.15, 0.2) is 5.75 Å². The van der Waals surface area contributed by atoms with Gasteiger partial charge in [0, 0.05) is 6.54 Å². The number of carbonyl (C=O) groups excluding carboxylic acids is 1. The summed E-state index contributed by atoms with van der Waals surface area (Å²) in [5.74, 6) is -1.05. The number of anilines is 1. The molecule has 0 aliphatic heterocycles. The van der Waals surface area contributed by atoms with Gasteiger partial charge in [0.05, 0.1) is 23.4 Å². The Labute approximate surface area is 155 Å². The Kier molecular flexibility index (Phi) is 5.84. The maximum Gasteiger partial charge on any atom is 0.420 e. The van der Waals surface area contributed by atoms with Crippen LogP contribution in [0.1, 0.15) is 51.2 Å². The van der Waals surface area contributed by atoms with Crippen LogP contribution in [0.5, 0.6) is 5.75 Å². The smallest absolute Gasteiger partial charge is 0.420 e. The third-order valence-corrected chi connectivity index (χ3v) is 4.33. The van der Waals surface area contributed by atoms with Gasteiger partial charge in [-0.3, -0.25) is 4.90 Å². The number of alkyl halides is 3. The van der Waals surface area contributed by atoms with Crippen LogP contribution < -0.4 is 5.73 Å². The normalized spacial score (nSPS) is 20.6. The Bertz CT molecular complexity index is 701. The van der Waals surface area contributed by atoms with Gasteiger partial charge >= 0.3 is 12.3 Å². The number of aliphatic hydroxyl groups excluding tert-OH is 1. The fourth-order valence-corrected chi connectivity index (χ4v) is 3.15. The number of nitrogen functional groups attached to an aromatic ring is 1. The third kappa shape index (κ3) is 5.18. The van der Waals surface area contributed by atoms with Crippen molar-refractivity contribution in [1.29, 1.82) is 0 Å². The van der Waals surface area contributed by atoms with Gasteiger partial charge in [0.25, 0.3) is 0 Å². The number of aromatic hydroxyl groups is 1. The zero-order valence-electron chi connectivity index (χ0n) is 15.5. The summed E-state index contributed by atoms with van der Waals surface area (Å²) in [5, 5.41) is 19.8. The lowest BCUT2D eigenvalue weighted by molar-refractivity contribution is -0.138. The number of aliphatic hydroxyl groups is 1. The minimum Gasteiger partial charge on any atom is -0.505 e. The fraction of sp³-hybridized carbons (Fsp3) is 0.611. The maximum absolute atomic E-state index is 13.1. The number of halogens is 3. The van der Waals surface area contributed by atoms with Crippen molar-refractivity contribution in [2.45, 2.75) is 70.5 Å². The maximum atomic E-state index is 13.1. The molecule has 2 rings (SSSR count). The van der Waals surface area contributed by atoms with Gasteiger partial charge in [0.2, 0.25) is 0 Å².